The molecular weight excluding hydrogens is 336 g/mol. The number of hydrogen-bond donors (Lipinski definition) is 1. The molecule has 6 nitrogen and oxygen atoms in total. The molecule has 0 aliphatic carbocycles. The molecule has 3 rings (SSSR count). The summed E-state index contributed by atoms with van der Waals surface area (Å²) in [6.45, 7) is 0.820. The smallest absolute Gasteiger partial charge is 0.266 e. The van der Waals surface area contributed by atoms with Crippen molar-refractivity contribution >= 4 is 17.2 Å². The highest BCUT2D eigenvalue weighted by atomic mass is 32.1. The Hall–Kier alpha value is -2.80. The summed E-state index contributed by atoms with van der Waals surface area (Å²) >= 11 is 1.58. The Kier molecular flexibility index (Phi) is 5.69. The summed E-state index contributed by atoms with van der Waals surface area (Å²) in [5.41, 5.74) is 1.43. The maximum atomic E-state index is 11.9. The van der Waals surface area contributed by atoms with E-state index >= 15 is 0 Å². The Morgan fingerprint density at radius 2 is 2.08 bits per heavy atom. The van der Waals surface area contributed by atoms with Gasteiger partial charge in [-0.25, -0.2) is 4.68 Å². The van der Waals surface area contributed by atoms with Gasteiger partial charge in [0.2, 0.25) is 5.91 Å². The van der Waals surface area contributed by atoms with Crippen molar-refractivity contribution in [2.45, 2.75) is 25.9 Å². The molecule has 0 saturated carbocycles. The predicted molar refractivity (Wildman–Crippen MR) is 97.1 cm³/mol. The van der Waals surface area contributed by atoms with Crippen LogP contribution in [0.5, 0.6) is 0 Å². The summed E-state index contributed by atoms with van der Waals surface area (Å²) in [7, 11) is 0. The van der Waals surface area contributed by atoms with Crippen molar-refractivity contribution in [2.75, 3.05) is 0 Å². The number of pyridine rings is 1. The van der Waals surface area contributed by atoms with Crippen LogP contribution in [0.15, 0.2) is 58.8 Å². The maximum Gasteiger partial charge on any atom is 0.266 e. The molecule has 0 spiro atoms. The highest BCUT2D eigenvalue weighted by Gasteiger charge is 2.06. The molecule has 3 aromatic rings. The maximum absolute atomic E-state index is 11.9. The second-order valence-corrected chi connectivity index (χ2v) is 6.41. The van der Waals surface area contributed by atoms with Gasteiger partial charge in [-0.05, 0) is 36.1 Å². The Morgan fingerprint density at radius 3 is 2.84 bits per heavy atom. The first-order chi connectivity index (χ1) is 12.2. The second kappa shape index (κ2) is 8.34. The summed E-state index contributed by atoms with van der Waals surface area (Å²) in [5.74, 6) is -0.0619. The third-order valence-electron chi connectivity index (χ3n) is 3.61. The summed E-state index contributed by atoms with van der Waals surface area (Å²) in [6, 6.07) is 12.7. The molecule has 0 aromatic carbocycles. The molecule has 25 heavy (non-hydrogen) atoms. The van der Waals surface area contributed by atoms with E-state index in [-0.39, 0.29) is 11.5 Å². The van der Waals surface area contributed by atoms with Crippen molar-refractivity contribution in [3.05, 3.63) is 70.1 Å². The van der Waals surface area contributed by atoms with Crippen LogP contribution in [0.4, 0.5) is 0 Å². The molecule has 3 heterocycles. The first-order valence-corrected chi connectivity index (χ1v) is 8.89. The van der Waals surface area contributed by atoms with Crippen molar-refractivity contribution in [3.8, 4) is 10.6 Å². The van der Waals surface area contributed by atoms with E-state index < -0.39 is 0 Å². The number of thiophene rings is 1. The van der Waals surface area contributed by atoms with E-state index in [1.54, 1.807) is 23.6 Å². The van der Waals surface area contributed by atoms with Gasteiger partial charge in [0, 0.05) is 25.2 Å². The quantitative estimate of drug-likeness (QED) is 0.707. The third kappa shape index (κ3) is 4.84. The van der Waals surface area contributed by atoms with Gasteiger partial charge in [0.1, 0.15) is 5.69 Å². The topological polar surface area (TPSA) is 76.9 Å². The number of aryl methyl sites for hydroxylation is 1. The van der Waals surface area contributed by atoms with Crippen LogP contribution in [0.25, 0.3) is 10.6 Å². The molecule has 0 radical (unpaired) electrons. The molecule has 0 saturated heterocycles. The minimum absolute atomic E-state index is 0.0619. The molecule has 0 aliphatic rings. The van der Waals surface area contributed by atoms with E-state index in [4.69, 9.17) is 0 Å². The fourth-order valence-corrected chi connectivity index (χ4v) is 3.02. The van der Waals surface area contributed by atoms with E-state index in [9.17, 15) is 9.59 Å². The van der Waals surface area contributed by atoms with Gasteiger partial charge in [-0.1, -0.05) is 12.1 Å². The SMILES string of the molecule is O=C(CCCn1nc(-c2cccs2)ccc1=O)NCc1ccccn1. The highest BCUT2D eigenvalue weighted by Crippen LogP contribution is 2.21. The third-order valence-corrected chi connectivity index (χ3v) is 4.50. The molecular formula is C18H18N4O2S. The Morgan fingerprint density at radius 1 is 1.16 bits per heavy atom. The standard InChI is InChI=1S/C18H18N4O2S/c23-17(20-13-14-5-1-2-10-19-14)7-3-11-22-18(24)9-8-15(21-22)16-6-4-12-25-16/h1-2,4-6,8-10,12H,3,7,11,13H2,(H,20,23). The van der Waals surface area contributed by atoms with Gasteiger partial charge in [0.15, 0.2) is 0 Å². The summed E-state index contributed by atoms with van der Waals surface area (Å²) in [4.78, 5) is 29.0. The predicted octanol–water partition coefficient (Wildman–Crippen LogP) is 2.46. The van der Waals surface area contributed by atoms with Crippen molar-refractivity contribution < 1.29 is 4.79 Å². The van der Waals surface area contributed by atoms with Gasteiger partial charge >= 0.3 is 0 Å². The zero-order valence-corrected chi connectivity index (χ0v) is 14.4. The normalized spacial score (nSPS) is 10.6. The van der Waals surface area contributed by atoms with Gasteiger partial charge < -0.3 is 5.32 Å². The van der Waals surface area contributed by atoms with E-state index in [0.717, 1.165) is 16.3 Å². The lowest BCUT2D eigenvalue weighted by molar-refractivity contribution is -0.121. The van der Waals surface area contributed by atoms with Crippen LogP contribution >= 0.6 is 11.3 Å². The Labute approximate surface area is 149 Å². The van der Waals surface area contributed by atoms with Crippen LogP contribution in [0, 0.1) is 0 Å². The Balaban J connectivity index is 1.51. The van der Waals surface area contributed by atoms with Crippen LogP contribution in [0.1, 0.15) is 18.5 Å². The number of hydrogen-bond acceptors (Lipinski definition) is 5. The largest absolute Gasteiger partial charge is 0.350 e. The number of nitrogens with one attached hydrogen (secondary N) is 1. The van der Waals surface area contributed by atoms with Crippen molar-refractivity contribution in [2.24, 2.45) is 0 Å². The van der Waals surface area contributed by atoms with Gasteiger partial charge in [0.25, 0.3) is 5.56 Å². The average Bonchev–Trinajstić information content (AvgIpc) is 3.17. The van der Waals surface area contributed by atoms with E-state index in [2.05, 4.69) is 15.4 Å². The van der Waals surface area contributed by atoms with Crippen molar-refractivity contribution in [1.29, 1.82) is 0 Å². The van der Waals surface area contributed by atoms with Crippen LogP contribution in [-0.4, -0.2) is 20.7 Å². The fraction of sp³-hybridized carbons (Fsp3) is 0.222. The number of nitrogens with zero attached hydrogens (tertiary/aromatic N) is 3. The lowest BCUT2D eigenvalue weighted by Crippen LogP contribution is -2.25. The number of aromatic nitrogens is 3. The summed E-state index contributed by atoms with van der Waals surface area (Å²) in [6.07, 6.45) is 2.58. The number of amides is 1. The number of carbonyl (C=O) groups excluding carboxylic acids is 1. The van der Waals surface area contributed by atoms with Gasteiger partial charge in [-0.3, -0.25) is 14.6 Å². The van der Waals surface area contributed by atoms with Crippen LogP contribution in [-0.2, 0) is 17.9 Å². The molecule has 0 atom stereocenters. The van der Waals surface area contributed by atoms with Crippen molar-refractivity contribution in [1.82, 2.24) is 20.1 Å². The first kappa shape index (κ1) is 17.0. The molecule has 1 amide bonds. The molecule has 1 N–H and O–H groups in total. The lowest BCUT2D eigenvalue weighted by Gasteiger charge is -2.07. The van der Waals surface area contributed by atoms with Crippen LogP contribution in [0.3, 0.4) is 0 Å². The molecule has 0 fully saturated rings. The minimum atomic E-state index is -0.158. The van der Waals surface area contributed by atoms with E-state index in [1.807, 2.05) is 35.7 Å². The Bertz CT molecular complexity index is 876. The average molecular weight is 354 g/mol. The second-order valence-electron chi connectivity index (χ2n) is 5.46. The highest BCUT2D eigenvalue weighted by molar-refractivity contribution is 7.13. The van der Waals surface area contributed by atoms with Crippen molar-refractivity contribution in [3.63, 3.8) is 0 Å². The number of carbonyl (C=O) groups is 1. The minimum Gasteiger partial charge on any atom is -0.350 e. The van der Waals surface area contributed by atoms with Crippen LogP contribution in [0.2, 0.25) is 0 Å². The zero-order chi connectivity index (χ0) is 17.5. The van der Waals surface area contributed by atoms with Crippen LogP contribution < -0.4 is 10.9 Å². The molecule has 0 bridgehead atoms. The van der Waals surface area contributed by atoms with Gasteiger partial charge in [0.05, 0.1) is 17.1 Å². The molecule has 128 valence electrons. The monoisotopic (exact) mass is 354 g/mol. The molecule has 7 heteroatoms. The van der Waals surface area contributed by atoms with Gasteiger partial charge in [-0.2, -0.15) is 5.10 Å². The first-order valence-electron chi connectivity index (χ1n) is 8.01. The lowest BCUT2D eigenvalue weighted by atomic mass is 10.2. The van der Waals surface area contributed by atoms with Gasteiger partial charge in [-0.15, -0.1) is 11.3 Å². The van der Waals surface area contributed by atoms with E-state index in [1.165, 1.54) is 10.7 Å². The zero-order valence-electron chi connectivity index (χ0n) is 13.6. The molecule has 3 aromatic heterocycles. The summed E-state index contributed by atoms with van der Waals surface area (Å²) in [5, 5.41) is 9.17. The summed E-state index contributed by atoms with van der Waals surface area (Å²) < 4.78 is 1.42. The fourth-order valence-electron chi connectivity index (χ4n) is 2.33. The molecule has 0 aliphatic heterocycles. The van der Waals surface area contributed by atoms with E-state index in [0.29, 0.717) is 25.9 Å². The molecule has 0 unspecified atom stereocenters. The number of rotatable bonds is 7.